The van der Waals surface area contributed by atoms with Gasteiger partial charge in [0, 0.05) is 43.0 Å². The second-order valence-corrected chi connectivity index (χ2v) is 1.81. The molecular weight excluding hydrogens is 230 g/mol. The van der Waals surface area contributed by atoms with Crippen molar-refractivity contribution in [3.8, 4) is 0 Å². The Morgan fingerprint density at radius 2 is 1.07 bits per heavy atom. The van der Waals surface area contributed by atoms with Gasteiger partial charge >= 0.3 is 0 Å². The smallest absolute Gasteiger partial charge is 0.0319 e. The van der Waals surface area contributed by atoms with Gasteiger partial charge in [-0.2, -0.15) is 6.42 Å². The minimum atomic E-state index is 0. The average molecular weight is 258 g/mol. The van der Waals surface area contributed by atoms with Gasteiger partial charge in [-0.15, -0.1) is 0 Å². The van der Waals surface area contributed by atoms with Gasteiger partial charge in [0.1, 0.15) is 0 Å². The monoisotopic (exact) mass is 258 g/mol. The Hall–Kier alpha value is 0.554. The molecule has 0 aromatic heterocycles. The van der Waals surface area contributed by atoms with E-state index in [1.165, 1.54) is 0 Å². The Kier molecular flexibility index (Phi) is 92.4. The molecule has 0 aliphatic rings. The fourth-order valence-corrected chi connectivity index (χ4v) is 0.740. The molecule has 0 radical (unpaired) electrons. The Morgan fingerprint density at radius 3 is 1.13 bits per heavy atom. The zero-order valence-electron chi connectivity index (χ0n) is 11.0. The van der Waals surface area contributed by atoms with Crippen molar-refractivity contribution in [3.05, 3.63) is 6.54 Å². The van der Waals surface area contributed by atoms with Crippen molar-refractivity contribution >= 4 is 0 Å². The van der Waals surface area contributed by atoms with E-state index in [-0.39, 0.29) is 21.7 Å². The molecule has 0 amide bonds. The van der Waals surface area contributed by atoms with Crippen molar-refractivity contribution in [2.24, 2.45) is 0 Å². The largest absolute Gasteiger partial charge is 0.457 e. The van der Waals surface area contributed by atoms with Gasteiger partial charge in [-0.05, 0) is 13.1 Å². The van der Waals surface area contributed by atoms with E-state index in [1.807, 2.05) is 0 Å². The zero-order valence-corrected chi connectivity index (χ0v) is 12.5. The summed E-state index contributed by atoms with van der Waals surface area (Å²) >= 11 is 0. The molecule has 0 aliphatic carbocycles. The summed E-state index contributed by atoms with van der Waals surface area (Å²) in [5.74, 6) is 0. The van der Waals surface area contributed by atoms with Crippen LogP contribution >= 0.6 is 0 Å². The Bertz CT molecular complexity index is 55.9. The van der Waals surface area contributed by atoms with Gasteiger partial charge < -0.3 is 20.2 Å². The molecule has 0 aliphatic heterocycles. The van der Waals surface area contributed by atoms with Crippen LogP contribution in [0.25, 0.3) is 0 Å². The third-order valence-electron chi connectivity index (χ3n) is 1.25. The van der Waals surface area contributed by atoms with Crippen LogP contribution < -0.4 is 0 Å². The first-order valence-electron chi connectivity index (χ1n) is 4.76. The molecular formula is C10H28NO3Ti-. The Balaban J connectivity index is -0.0000000410. The standard InChI is InChI=1S/C7H16N.3CH4O.Ti/c1-4-7-8(5-2)6-3;3*1-2;/h7H,4-6H2,1-3H3;3*2H,1H3;/q-1;;;;. The molecule has 0 fully saturated rings. The fourth-order valence-electron chi connectivity index (χ4n) is 0.740. The maximum atomic E-state index is 7.00. The number of aliphatic hydroxyl groups excluding tert-OH is 3. The van der Waals surface area contributed by atoms with Crippen LogP contribution in [-0.4, -0.2) is 54.6 Å². The van der Waals surface area contributed by atoms with E-state index in [0.29, 0.717) is 0 Å². The molecule has 0 unspecified atom stereocenters. The summed E-state index contributed by atoms with van der Waals surface area (Å²) in [6, 6.07) is 0. The second-order valence-electron chi connectivity index (χ2n) is 1.81. The normalized spacial score (nSPS) is 6.80. The number of nitrogens with zero attached hydrogens (tertiary/aromatic N) is 1. The first-order valence-corrected chi connectivity index (χ1v) is 4.76. The van der Waals surface area contributed by atoms with E-state index in [1.54, 1.807) is 0 Å². The molecule has 96 valence electrons. The zero-order chi connectivity index (χ0) is 12.4. The molecule has 4 nitrogen and oxygen atoms in total. The Labute approximate surface area is 110 Å². The molecule has 0 heterocycles. The quantitative estimate of drug-likeness (QED) is 0.513. The molecule has 0 spiro atoms. The maximum absolute atomic E-state index is 7.00. The number of aliphatic hydroxyl groups is 3. The van der Waals surface area contributed by atoms with Crippen LogP contribution in [0.5, 0.6) is 0 Å². The van der Waals surface area contributed by atoms with Gasteiger partial charge in [0.05, 0.1) is 0 Å². The van der Waals surface area contributed by atoms with E-state index in [4.69, 9.17) is 15.3 Å². The van der Waals surface area contributed by atoms with Crippen molar-refractivity contribution in [2.45, 2.75) is 27.2 Å². The molecule has 0 aromatic carbocycles. The molecule has 0 bridgehead atoms. The molecule has 0 rings (SSSR count). The third kappa shape index (κ3) is 40.2. The number of hydrogen-bond donors (Lipinski definition) is 3. The van der Waals surface area contributed by atoms with Gasteiger partial charge in [-0.1, -0.05) is 20.8 Å². The predicted octanol–water partition coefficient (Wildman–Crippen LogP) is 0.723. The van der Waals surface area contributed by atoms with Crippen LogP contribution in [0.1, 0.15) is 27.2 Å². The Morgan fingerprint density at radius 1 is 0.800 bits per heavy atom. The van der Waals surface area contributed by atoms with Crippen molar-refractivity contribution in [2.75, 3.05) is 34.4 Å². The molecule has 5 heteroatoms. The van der Waals surface area contributed by atoms with Crippen LogP contribution in [0, 0.1) is 6.54 Å². The summed E-state index contributed by atoms with van der Waals surface area (Å²) < 4.78 is 0. The maximum Gasteiger partial charge on any atom is 0.0319 e. The average Bonchev–Trinajstić information content (AvgIpc) is 2.33. The van der Waals surface area contributed by atoms with Crippen LogP contribution in [0.15, 0.2) is 0 Å². The predicted molar refractivity (Wildman–Crippen MR) is 61.9 cm³/mol. The topological polar surface area (TPSA) is 63.9 Å². The van der Waals surface area contributed by atoms with E-state index in [2.05, 4.69) is 32.2 Å². The first-order chi connectivity index (χ1) is 6.85. The minimum Gasteiger partial charge on any atom is -0.457 e. The molecule has 3 N–H and O–H groups in total. The van der Waals surface area contributed by atoms with E-state index >= 15 is 0 Å². The minimum absolute atomic E-state index is 0. The second kappa shape index (κ2) is 46.9. The van der Waals surface area contributed by atoms with Gasteiger partial charge in [0.2, 0.25) is 0 Å². The molecule has 0 aromatic rings. The summed E-state index contributed by atoms with van der Waals surface area (Å²) in [5.41, 5.74) is 0. The van der Waals surface area contributed by atoms with E-state index < -0.39 is 0 Å². The van der Waals surface area contributed by atoms with Gasteiger partial charge in [-0.3, -0.25) is 6.54 Å². The summed E-state index contributed by atoms with van der Waals surface area (Å²) in [4.78, 5) is 2.31. The number of hydrogen-bond acceptors (Lipinski definition) is 4. The van der Waals surface area contributed by atoms with Crippen molar-refractivity contribution in [1.82, 2.24) is 4.90 Å². The van der Waals surface area contributed by atoms with E-state index in [0.717, 1.165) is 40.8 Å². The van der Waals surface area contributed by atoms with Crippen molar-refractivity contribution in [1.29, 1.82) is 0 Å². The SMILES string of the molecule is CC[CH-]N(CC)CC.CO.CO.CO.[Ti]. The molecule has 0 atom stereocenters. The summed E-state index contributed by atoms with van der Waals surface area (Å²) in [5, 5.41) is 21.0. The van der Waals surface area contributed by atoms with Crippen LogP contribution in [0.2, 0.25) is 0 Å². The van der Waals surface area contributed by atoms with Crippen LogP contribution in [0.4, 0.5) is 0 Å². The van der Waals surface area contributed by atoms with Crippen molar-refractivity contribution in [3.63, 3.8) is 0 Å². The fraction of sp³-hybridized carbons (Fsp3) is 0.900. The number of rotatable bonds is 4. The van der Waals surface area contributed by atoms with Crippen LogP contribution in [-0.2, 0) is 21.7 Å². The molecule has 15 heavy (non-hydrogen) atoms. The van der Waals surface area contributed by atoms with Crippen molar-refractivity contribution < 1.29 is 37.0 Å². The summed E-state index contributed by atoms with van der Waals surface area (Å²) in [6.45, 7) is 11.0. The van der Waals surface area contributed by atoms with Gasteiger partial charge in [-0.25, -0.2) is 0 Å². The molecule has 0 saturated heterocycles. The summed E-state index contributed by atoms with van der Waals surface area (Å²) in [7, 11) is 3.00. The summed E-state index contributed by atoms with van der Waals surface area (Å²) in [6.07, 6.45) is 1.15. The first kappa shape index (κ1) is 29.6. The van der Waals surface area contributed by atoms with Gasteiger partial charge in [0.25, 0.3) is 0 Å². The van der Waals surface area contributed by atoms with Crippen LogP contribution in [0.3, 0.4) is 0 Å². The molecule has 0 saturated carbocycles. The van der Waals surface area contributed by atoms with Gasteiger partial charge in [0.15, 0.2) is 0 Å². The third-order valence-corrected chi connectivity index (χ3v) is 1.25. The van der Waals surface area contributed by atoms with E-state index in [9.17, 15) is 0 Å².